The molecule has 11 rings (SSSR count). The SMILES string of the molecule is c1ccc2c(c1)cc(-n1c3ccccc3c3c4c(c5ccccc5c5[nH]c6ccccc6c54)c4ccccc4c31)c1ccccc12. The third-order valence-corrected chi connectivity index (χ3v) is 10.2. The van der Waals surface area contributed by atoms with Crippen LogP contribution in [0.25, 0.3) is 103 Å². The van der Waals surface area contributed by atoms with E-state index < -0.39 is 0 Å². The second kappa shape index (κ2) is 8.74. The standard InChI is InChI=1S/C44H26N2/c1-2-14-27-26(13-1)25-38(29-16-4-3-15-28(27)29)46-37-24-12-10-22-35(37)41-42-39(31-18-6-8-20-33(31)44(41)46)30-17-5-7-19-32(30)43-40(42)34-21-9-11-23-36(34)45-43/h1-25,45H. The third kappa shape index (κ3) is 2.96. The summed E-state index contributed by atoms with van der Waals surface area (Å²) in [5.74, 6) is 0. The Labute approximate surface area is 263 Å². The summed E-state index contributed by atoms with van der Waals surface area (Å²) in [6, 6.07) is 55.8. The van der Waals surface area contributed by atoms with Crippen molar-refractivity contribution in [3.05, 3.63) is 152 Å². The fourth-order valence-corrected chi connectivity index (χ4v) is 8.44. The summed E-state index contributed by atoms with van der Waals surface area (Å²) in [7, 11) is 0. The number of nitrogens with zero attached hydrogens (tertiary/aromatic N) is 1. The molecular formula is C44H26N2. The van der Waals surface area contributed by atoms with E-state index in [-0.39, 0.29) is 0 Å². The van der Waals surface area contributed by atoms with E-state index in [1.54, 1.807) is 0 Å². The van der Waals surface area contributed by atoms with Crippen LogP contribution < -0.4 is 0 Å². The first-order valence-corrected chi connectivity index (χ1v) is 16.0. The largest absolute Gasteiger partial charge is 0.354 e. The van der Waals surface area contributed by atoms with Crippen LogP contribution >= 0.6 is 0 Å². The predicted octanol–water partition coefficient (Wildman–Crippen LogP) is 12.2. The molecule has 0 aliphatic rings. The lowest BCUT2D eigenvalue weighted by atomic mass is 9.89. The summed E-state index contributed by atoms with van der Waals surface area (Å²) in [5, 5.41) is 17.9. The molecule has 2 nitrogen and oxygen atoms in total. The van der Waals surface area contributed by atoms with Gasteiger partial charge in [-0.25, -0.2) is 0 Å². The van der Waals surface area contributed by atoms with Gasteiger partial charge in [-0.05, 0) is 50.5 Å². The number of fused-ring (bicyclic) bond motifs is 18. The third-order valence-electron chi connectivity index (χ3n) is 10.2. The molecule has 0 atom stereocenters. The zero-order chi connectivity index (χ0) is 29.9. The Kier molecular flexibility index (Phi) is 4.61. The van der Waals surface area contributed by atoms with Crippen molar-refractivity contribution in [1.29, 1.82) is 0 Å². The van der Waals surface area contributed by atoms with E-state index in [2.05, 4.69) is 161 Å². The number of benzene rings is 9. The first-order valence-electron chi connectivity index (χ1n) is 16.0. The lowest BCUT2D eigenvalue weighted by molar-refractivity contribution is 1.21. The van der Waals surface area contributed by atoms with Crippen molar-refractivity contribution in [2.24, 2.45) is 0 Å². The highest BCUT2D eigenvalue weighted by Crippen LogP contribution is 2.49. The molecule has 46 heavy (non-hydrogen) atoms. The van der Waals surface area contributed by atoms with Crippen LogP contribution in [0, 0.1) is 0 Å². The highest BCUT2D eigenvalue weighted by Gasteiger charge is 2.24. The van der Waals surface area contributed by atoms with Crippen molar-refractivity contribution in [1.82, 2.24) is 9.55 Å². The van der Waals surface area contributed by atoms with Crippen LogP contribution in [-0.4, -0.2) is 9.55 Å². The van der Waals surface area contributed by atoms with Crippen molar-refractivity contribution in [2.75, 3.05) is 0 Å². The molecule has 2 heterocycles. The van der Waals surface area contributed by atoms with Gasteiger partial charge < -0.3 is 9.55 Å². The quantitative estimate of drug-likeness (QED) is 0.186. The summed E-state index contributed by atoms with van der Waals surface area (Å²) < 4.78 is 2.55. The Hall–Kier alpha value is -6.12. The molecule has 0 saturated heterocycles. The van der Waals surface area contributed by atoms with E-state index in [1.807, 2.05) is 0 Å². The van der Waals surface area contributed by atoms with E-state index >= 15 is 0 Å². The van der Waals surface area contributed by atoms with E-state index in [4.69, 9.17) is 0 Å². The van der Waals surface area contributed by atoms with Crippen molar-refractivity contribution < 1.29 is 0 Å². The number of hydrogen-bond acceptors (Lipinski definition) is 0. The maximum absolute atomic E-state index is 3.85. The number of para-hydroxylation sites is 2. The van der Waals surface area contributed by atoms with Crippen LogP contribution in [0.15, 0.2) is 152 Å². The summed E-state index contributed by atoms with van der Waals surface area (Å²) >= 11 is 0. The first kappa shape index (κ1) is 24.2. The number of rotatable bonds is 1. The van der Waals surface area contributed by atoms with Gasteiger partial charge in [0.2, 0.25) is 0 Å². The molecule has 0 radical (unpaired) electrons. The van der Waals surface area contributed by atoms with Crippen molar-refractivity contribution in [3.8, 4) is 5.69 Å². The minimum atomic E-state index is 1.17. The number of H-pyrrole nitrogens is 1. The molecule has 0 bridgehead atoms. The number of hydrogen-bond donors (Lipinski definition) is 1. The highest BCUT2D eigenvalue weighted by molar-refractivity contribution is 6.45. The number of aromatic amines is 1. The molecule has 212 valence electrons. The van der Waals surface area contributed by atoms with Gasteiger partial charge in [0.25, 0.3) is 0 Å². The molecule has 0 saturated carbocycles. The minimum Gasteiger partial charge on any atom is -0.354 e. The Morgan fingerprint density at radius 2 is 0.935 bits per heavy atom. The Morgan fingerprint density at radius 3 is 1.74 bits per heavy atom. The van der Waals surface area contributed by atoms with Crippen LogP contribution in [0.2, 0.25) is 0 Å². The maximum Gasteiger partial charge on any atom is 0.0626 e. The average Bonchev–Trinajstić information content (AvgIpc) is 3.68. The monoisotopic (exact) mass is 582 g/mol. The van der Waals surface area contributed by atoms with Gasteiger partial charge in [0, 0.05) is 48.6 Å². The zero-order valence-corrected chi connectivity index (χ0v) is 24.9. The molecule has 11 aromatic rings. The van der Waals surface area contributed by atoms with E-state index in [0.717, 1.165) is 0 Å². The van der Waals surface area contributed by atoms with Crippen LogP contribution in [0.1, 0.15) is 0 Å². The summed E-state index contributed by atoms with van der Waals surface area (Å²) in [6.07, 6.45) is 0. The van der Waals surface area contributed by atoms with E-state index in [0.29, 0.717) is 0 Å². The van der Waals surface area contributed by atoms with Crippen LogP contribution in [-0.2, 0) is 0 Å². The van der Waals surface area contributed by atoms with Gasteiger partial charge in [-0.3, -0.25) is 0 Å². The average molecular weight is 583 g/mol. The normalized spacial score (nSPS) is 12.3. The molecule has 0 amide bonds. The van der Waals surface area contributed by atoms with Crippen LogP contribution in [0.4, 0.5) is 0 Å². The molecular weight excluding hydrogens is 556 g/mol. The van der Waals surface area contributed by atoms with Gasteiger partial charge in [-0.2, -0.15) is 0 Å². The number of aromatic nitrogens is 2. The molecule has 0 aliphatic heterocycles. The van der Waals surface area contributed by atoms with E-state index in [1.165, 1.54) is 103 Å². The predicted molar refractivity (Wildman–Crippen MR) is 198 cm³/mol. The van der Waals surface area contributed by atoms with Crippen LogP contribution in [0.5, 0.6) is 0 Å². The topological polar surface area (TPSA) is 20.7 Å². The smallest absolute Gasteiger partial charge is 0.0626 e. The van der Waals surface area contributed by atoms with Gasteiger partial charge in [0.05, 0.1) is 22.2 Å². The molecule has 0 spiro atoms. The van der Waals surface area contributed by atoms with E-state index in [9.17, 15) is 0 Å². The summed E-state index contributed by atoms with van der Waals surface area (Å²) in [6.45, 7) is 0. The Balaban J connectivity index is 1.51. The second-order valence-corrected chi connectivity index (χ2v) is 12.5. The summed E-state index contributed by atoms with van der Waals surface area (Å²) in [4.78, 5) is 3.85. The van der Waals surface area contributed by atoms with Gasteiger partial charge in [-0.1, -0.05) is 133 Å². The van der Waals surface area contributed by atoms with Crippen molar-refractivity contribution in [3.63, 3.8) is 0 Å². The lowest BCUT2D eigenvalue weighted by Crippen LogP contribution is -1.97. The molecule has 0 aliphatic carbocycles. The fraction of sp³-hybridized carbons (Fsp3) is 0. The Morgan fingerprint density at radius 1 is 0.370 bits per heavy atom. The first-order chi connectivity index (χ1) is 22.9. The molecule has 2 heteroatoms. The van der Waals surface area contributed by atoms with Gasteiger partial charge in [0.1, 0.15) is 0 Å². The molecule has 1 N–H and O–H groups in total. The van der Waals surface area contributed by atoms with Crippen molar-refractivity contribution >= 4 is 97.5 Å². The number of nitrogens with one attached hydrogen (secondary N) is 1. The van der Waals surface area contributed by atoms with Crippen molar-refractivity contribution in [2.45, 2.75) is 0 Å². The van der Waals surface area contributed by atoms with Crippen LogP contribution in [0.3, 0.4) is 0 Å². The fourth-order valence-electron chi connectivity index (χ4n) is 8.44. The molecule has 0 fully saturated rings. The maximum atomic E-state index is 3.85. The Bertz CT molecular complexity index is 3080. The zero-order valence-electron chi connectivity index (χ0n) is 24.9. The van der Waals surface area contributed by atoms with Gasteiger partial charge in [0.15, 0.2) is 0 Å². The van der Waals surface area contributed by atoms with Gasteiger partial charge in [-0.15, -0.1) is 0 Å². The molecule has 0 unspecified atom stereocenters. The second-order valence-electron chi connectivity index (χ2n) is 12.5. The van der Waals surface area contributed by atoms with Gasteiger partial charge >= 0.3 is 0 Å². The highest BCUT2D eigenvalue weighted by atomic mass is 15.0. The molecule has 2 aromatic heterocycles. The molecule has 9 aromatic carbocycles. The minimum absolute atomic E-state index is 1.17. The lowest BCUT2D eigenvalue weighted by Gasteiger charge is -2.17. The summed E-state index contributed by atoms with van der Waals surface area (Å²) in [5.41, 5.74) is 6.05.